The molecule has 1 heterocycles. The van der Waals surface area contributed by atoms with Crippen molar-refractivity contribution >= 4 is 23.3 Å². The molecule has 0 radical (unpaired) electrons. The second-order valence-corrected chi connectivity index (χ2v) is 6.26. The van der Waals surface area contributed by atoms with Gasteiger partial charge in [0.05, 0.1) is 23.8 Å². The molecule has 0 saturated heterocycles. The Bertz CT molecular complexity index is 1190. The molecule has 0 saturated carbocycles. The van der Waals surface area contributed by atoms with Crippen LogP contribution in [0.15, 0.2) is 77.9 Å². The van der Waals surface area contributed by atoms with Crippen LogP contribution in [0.25, 0.3) is 22.0 Å². The number of rotatable bonds is 5. The largest absolute Gasteiger partial charge is 0.492 e. The number of aromatic nitrogens is 2. The van der Waals surface area contributed by atoms with Gasteiger partial charge in [0, 0.05) is 11.6 Å². The minimum atomic E-state index is -0.614. The summed E-state index contributed by atoms with van der Waals surface area (Å²) in [4.78, 5) is 16.7. The lowest BCUT2D eigenvalue weighted by molar-refractivity contribution is 0.296. The lowest BCUT2D eigenvalue weighted by Gasteiger charge is -2.10. The molecule has 3 aromatic carbocycles. The molecule has 0 atom stereocenters. The highest BCUT2D eigenvalue weighted by Gasteiger charge is 2.07. The molecule has 4 nitrogen and oxygen atoms in total. The summed E-state index contributed by atoms with van der Waals surface area (Å²) in [6.07, 6.45) is 1.51. The summed E-state index contributed by atoms with van der Waals surface area (Å²) >= 11 is 0. The fourth-order valence-electron chi connectivity index (χ4n) is 2.98. The zero-order valence-electron chi connectivity index (χ0n) is 15.2. The van der Waals surface area contributed by atoms with Gasteiger partial charge in [-0.1, -0.05) is 24.3 Å². The van der Waals surface area contributed by atoms with E-state index in [4.69, 9.17) is 4.74 Å². The molecule has 0 aliphatic rings. The van der Waals surface area contributed by atoms with Crippen LogP contribution in [0, 0.1) is 11.6 Å². The van der Waals surface area contributed by atoms with E-state index in [9.17, 15) is 13.6 Å². The van der Waals surface area contributed by atoms with Crippen LogP contribution in [0.2, 0.25) is 0 Å². The van der Waals surface area contributed by atoms with Crippen molar-refractivity contribution in [2.45, 2.75) is 6.54 Å². The second kappa shape index (κ2) is 8.84. The molecule has 0 aliphatic heterocycles. The topological polar surface area (TPSA) is 44.1 Å². The van der Waals surface area contributed by atoms with Crippen LogP contribution in [0.3, 0.4) is 0 Å². The van der Waals surface area contributed by atoms with Crippen molar-refractivity contribution in [1.29, 1.82) is 0 Å². The van der Waals surface area contributed by atoms with Gasteiger partial charge in [0.1, 0.15) is 24.0 Å². The summed E-state index contributed by atoms with van der Waals surface area (Å²) in [5.41, 5.74) is 1.49. The Morgan fingerprint density at radius 2 is 1.72 bits per heavy atom. The predicted octanol–water partition coefficient (Wildman–Crippen LogP) is 4.84. The normalized spacial score (nSPS) is 10.6. The van der Waals surface area contributed by atoms with Crippen LogP contribution in [0.1, 0.15) is 0 Å². The van der Waals surface area contributed by atoms with Crippen LogP contribution >= 0.6 is 12.4 Å². The van der Waals surface area contributed by atoms with Crippen molar-refractivity contribution in [3.05, 3.63) is 95.0 Å². The van der Waals surface area contributed by atoms with Gasteiger partial charge < -0.3 is 4.74 Å². The van der Waals surface area contributed by atoms with Gasteiger partial charge in [-0.2, -0.15) is 0 Å². The molecule has 4 rings (SSSR count). The van der Waals surface area contributed by atoms with Gasteiger partial charge in [-0.05, 0) is 42.0 Å². The standard InChI is InChI=1S/C22H16F2N2O2.ClH/c23-16-7-10-18(20(24)13-16)15-5-8-17(9-6-15)28-12-11-26-14-25-21-4-2-1-3-19(21)22(26)27;/h1-10,13-14H,11-12H2;1H. The van der Waals surface area contributed by atoms with Crippen LogP contribution in [-0.2, 0) is 6.54 Å². The van der Waals surface area contributed by atoms with Crippen LogP contribution < -0.4 is 10.3 Å². The van der Waals surface area contributed by atoms with E-state index in [1.165, 1.54) is 23.0 Å². The SMILES string of the molecule is Cl.O=c1c2ccccc2ncn1CCOc1ccc(-c2ccc(F)cc2F)cc1. The Balaban J connectivity index is 0.00000240. The first kappa shape index (κ1) is 20.5. The van der Waals surface area contributed by atoms with Gasteiger partial charge in [-0.25, -0.2) is 13.8 Å². The van der Waals surface area contributed by atoms with Crippen LogP contribution in [0.4, 0.5) is 8.78 Å². The lowest BCUT2D eigenvalue weighted by Crippen LogP contribution is -2.23. The average molecular weight is 415 g/mol. The molecule has 0 fully saturated rings. The van der Waals surface area contributed by atoms with Crippen molar-refractivity contribution in [3.63, 3.8) is 0 Å². The highest BCUT2D eigenvalue weighted by molar-refractivity contribution is 5.85. The number of ether oxygens (including phenoxy) is 1. The first-order valence-electron chi connectivity index (χ1n) is 8.74. The fourth-order valence-corrected chi connectivity index (χ4v) is 2.98. The number of nitrogens with zero attached hydrogens (tertiary/aromatic N) is 2. The van der Waals surface area contributed by atoms with Gasteiger partial charge in [0.2, 0.25) is 0 Å². The number of hydrogen-bond donors (Lipinski definition) is 0. The maximum Gasteiger partial charge on any atom is 0.261 e. The summed E-state index contributed by atoms with van der Waals surface area (Å²) in [6, 6.07) is 17.5. The number of fused-ring (bicyclic) bond motifs is 1. The second-order valence-electron chi connectivity index (χ2n) is 6.26. The Morgan fingerprint density at radius 1 is 0.966 bits per heavy atom. The number of halogens is 3. The number of para-hydroxylation sites is 1. The Labute approximate surface area is 171 Å². The molecule has 148 valence electrons. The van der Waals surface area contributed by atoms with Gasteiger partial charge >= 0.3 is 0 Å². The third-order valence-electron chi connectivity index (χ3n) is 4.43. The molecule has 0 bridgehead atoms. The zero-order chi connectivity index (χ0) is 19.5. The first-order valence-corrected chi connectivity index (χ1v) is 8.74. The minimum absolute atomic E-state index is 0. The molecule has 0 N–H and O–H groups in total. The van der Waals surface area contributed by atoms with E-state index in [0.29, 0.717) is 34.3 Å². The summed E-state index contributed by atoms with van der Waals surface area (Å²) in [5, 5.41) is 0.565. The van der Waals surface area contributed by atoms with E-state index in [1.54, 1.807) is 42.5 Å². The average Bonchev–Trinajstić information content (AvgIpc) is 2.71. The Kier molecular flexibility index (Phi) is 6.24. The van der Waals surface area contributed by atoms with E-state index in [-0.39, 0.29) is 24.6 Å². The molecule has 7 heteroatoms. The van der Waals surface area contributed by atoms with Crippen LogP contribution in [-0.4, -0.2) is 16.2 Å². The third-order valence-corrected chi connectivity index (χ3v) is 4.43. The monoisotopic (exact) mass is 414 g/mol. The highest BCUT2D eigenvalue weighted by Crippen LogP contribution is 2.25. The van der Waals surface area contributed by atoms with E-state index in [0.717, 1.165) is 6.07 Å². The summed E-state index contributed by atoms with van der Waals surface area (Å²) in [7, 11) is 0. The number of hydrogen-bond acceptors (Lipinski definition) is 3. The molecule has 4 aromatic rings. The van der Waals surface area contributed by atoms with Crippen molar-refractivity contribution in [3.8, 4) is 16.9 Å². The minimum Gasteiger partial charge on any atom is -0.492 e. The molecule has 0 aliphatic carbocycles. The Hall–Kier alpha value is -3.25. The molecular weight excluding hydrogens is 398 g/mol. The summed E-state index contributed by atoms with van der Waals surface area (Å²) in [6.45, 7) is 0.634. The van der Waals surface area contributed by atoms with E-state index >= 15 is 0 Å². The van der Waals surface area contributed by atoms with Gasteiger partial charge in [0.15, 0.2) is 0 Å². The van der Waals surface area contributed by atoms with Crippen molar-refractivity contribution in [2.75, 3.05) is 6.61 Å². The molecule has 1 aromatic heterocycles. The van der Waals surface area contributed by atoms with E-state index in [1.807, 2.05) is 6.07 Å². The smallest absolute Gasteiger partial charge is 0.261 e. The predicted molar refractivity (Wildman–Crippen MR) is 111 cm³/mol. The Morgan fingerprint density at radius 3 is 2.48 bits per heavy atom. The highest BCUT2D eigenvalue weighted by atomic mass is 35.5. The molecule has 0 amide bonds. The summed E-state index contributed by atoms with van der Waals surface area (Å²) < 4.78 is 34.1. The fraction of sp³-hybridized carbons (Fsp3) is 0.0909. The van der Waals surface area contributed by atoms with Crippen molar-refractivity contribution in [1.82, 2.24) is 9.55 Å². The van der Waals surface area contributed by atoms with E-state index in [2.05, 4.69) is 4.98 Å². The quantitative estimate of drug-likeness (QED) is 0.469. The first-order chi connectivity index (χ1) is 13.6. The molecular formula is C22H17ClF2N2O2. The summed E-state index contributed by atoms with van der Waals surface area (Å²) in [5.74, 6) is -0.635. The third kappa shape index (κ3) is 4.43. The maximum absolute atomic E-state index is 13.9. The van der Waals surface area contributed by atoms with Gasteiger partial charge in [-0.15, -0.1) is 12.4 Å². The number of benzene rings is 3. The van der Waals surface area contributed by atoms with Crippen molar-refractivity contribution < 1.29 is 13.5 Å². The zero-order valence-corrected chi connectivity index (χ0v) is 16.0. The van der Waals surface area contributed by atoms with Gasteiger partial charge in [0.25, 0.3) is 5.56 Å². The molecule has 0 unspecified atom stereocenters. The van der Waals surface area contributed by atoms with E-state index < -0.39 is 11.6 Å². The molecule has 0 spiro atoms. The van der Waals surface area contributed by atoms with Crippen molar-refractivity contribution in [2.24, 2.45) is 0 Å². The van der Waals surface area contributed by atoms with Gasteiger partial charge in [-0.3, -0.25) is 9.36 Å². The van der Waals surface area contributed by atoms with Crippen LogP contribution in [0.5, 0.6) is 5.75 Å². The maximum atomic E-state index is 13.9. The lowest BCUT2D eigenvalue weighted by atomic mass is 10.1. The molecule has 29 heavy (non-hydrogen) atoms.